The van der Waals surface area contributed by atoms with Gasteiger partial charge in [-0.25, -0.2) is 0 Å². The van der Waals surface area contributed by atoms with Crippen molar-refractivity contribution in [1.29, 1.82) is 10.8 Å². The van der Waals surface area contributed by atoms with Crippen molar-refractivity contribution in [2.45, 2.75) is 22.1 Å². The molecule has 258 valence electrons. The number of ketones is 2. The number of hydrogen-bond acceptors (Lipinski definition) is 10. The Morgan fingerprint density at radius 3 is 1.27 bits per heavy atom. The molecular weight excluding hydrogens is 701 g/mol. The fourth-order valence-electron chi connectivity index (χ4n) is 6.34. The van der Waals surface area contributed by atoms with Crippen LogP contribution in [0.15, 0.2) is 137 Å². The molecule has 0 fully saturated rings. The molecule has 0 saturated carbocycles. The summed E-state index contributed by atoms with van der Waals surface area (Å²) in [5.41, 5.74) is 1.69. The van der Waals surface area contributed by atoms with Crippen LogP contribution in [0.1, 0.15) is 55.5 Å². The number of nitrogens with one attached hydrogen (secondary N) is 2. The van der Waals surface area contributed by atoms with Crippen molar-refractivity contribution in [3.8, 4) is 11.5 Å². The lowest BCUT2D eigenvalue weighted by molar-refractivity contribution is 0.105. The quantitative estimate of drug-likeness (QED) is 0.120. The second-order valence-corrected chi connectivity index (χ2v) is 15.2. The van der Waals surface area contributed by atoms with E-state index >= 15 is 0 Å². The van der Waals surface area contributed by atoms with Gasteiger partial charge in [-0.1, -0.05) is 91.0 Å². The van der Waals surface area contributed by atoms with Gasteiger partial charge >= 0.3 is 20.2 Å². The van der Waals surface area contributed by atoms with E-state index in [1.54, 1.807) is 24.3 Å². The smallest absolute Gasteiger partial charge is 0.339 e. The molecule has 0 bridgehead atoms. The zero-order valence-electron chi connectivity index (χ0n) is 27.4. The predicted octanol–water partition coefficient (Wildman–Crippen LogP) is 7.03. The van der Waals surface area contributed by atoms with Gasteiger partial charge in [0.15, 0.2) is 0 Å². The highest BCUT2D eigenvalue weighted by atomic mass is 32.2. The first-order valence-corrected chi connectivity index (χ1v) is 18.7. The second kappa shape index (κ2) is 12.8. The minimum Gasteiger partial charge on any atom is -0.379 e. The van der Waals surface area contributed by atoms with E-state index in [1.807, 2.05) is 37.3 Å². The molecule has 0 aliphatic heterocycles. The van der Waals surface area contributed by atoms with Crippen molar-refractivity contribution >= 4 is 55.4 Å². The van der Waals surface area contributed by atoms with E-state index < -0.39 is 37.2 Å². The molecule has 7 rings (SSSR count). The van der Waals surface area contributed by atoms with Crippen LogP contribution in [0.5, 0.6) is 11.5 Å². The van der Waals surface area contributed by atoms with Crippen LogP contribution in [-0.2, 0) is 25.7 Å². The molecule has 0 aromatic heterocycles. The summed E-state index contributed by atoms with van der Waals surface area (Å²) >= 11 is 0. The molecule has 0 amide bonds. The number of benzene rings is 5. The summed E-state index contributed by atoms with van der Waals surface area (Å²) in [4.78, 5) is 24.5. The van der Waals surface area contributed by atoms with Crippen LogP contribution in [0.3, 0.4) is 0 Å². The minimum atomic E-state index is -4.37. The van der Waals surface area contributed by atoms with Crippen molar-refractivity contribution in [2.24, 2.45) is 0 Å². The predicted molar refractivity (Wildman–Crippen MR) is 196 cm³/mol. The fraction of sp³-hybridized carbons (Fsp3) is 0.0500. The van der Waals surface area contributed by atoms with Gasteiger partial charge in [-0.15, -0.1) is 0 Å². The maximum Gasteiger partial charge on any atom is 0.339 e. The normalized spacial score (nSPS) is 15.1. The Balaban J connectivity index is 1.18. The third kappa shape index (κ3) is 5.97. The number of rotatable bonds is 9. The molecule has 0 saturated heterocycles. The third-order valence-corrected chi connectivity index (χ3v) is 11.7. The van der Waals surface area contributed by atoms with Crippen LogP contribution in [0, 0.1) is 10.8 Å². The maximum atomic E-state index is 13.4. The van der Waals surface area contributed by atoms with Crippen molar-refractivity contribution < 1.29 is 34.8 Å². The number of carbonyl (C=O) groups is 2. The summed E-state index contributed by atoms with van der Waals surface area (Å²) in [5.74, 6) is -1.07. The second-order valence-electron chi connectivity index (χ2n) is 12.2. The lowest BCUT2D eigenvalue weighted by Crippen LogP contribution is -2.25. The Morgan fingerprint density at radius 2 is 0.865 bits per heavy atom. The zero-order chi connectivity index (χ0) is 36.8. The zero-order valence-corrected chi connectivity index (χ0v) is 29.0. The summed E-state index contributed by atoms with van der Waals surface area (Å²) in [6, 6.07) is 31.2. The highest BCUT2D eigenvalue weighted by Crippen LogP contribution is 2.40. The average Bonchev–Trinajstić information content (AvgIpc) is 3.14. The summed E-state index contributed by atoms with van der Waals surface area (Å²) < 4.78 is 64.6. The van der Waals surface area contributed by atoms with Gasteiger partial charge in [0.2, 0.25) is 11.6 Å². The number of carbonyl (C=O) groups excluding carboxylic acids is 2. The van der Waals surface area contributed by atoms with E-state index in [4.69, 9.17) is 19.2 Å². The molecule has 0 atom stereocenters. The van der Waals surface area contributed by atoms with E-state index in [-0.39, 0.29) is 55.0 Å². The molecule has 0 radical (unpaired) electrons. The summed E-state index contributed by atoms with van der Waals surface area (Å²) in [6.07, 6.45) is 5.34. The first-order valence-electron chi connectivity index (χ1n) is 15.8. The highest BCUT2D eigenvalue weighted by molar-refractivity contribution is 7.87. The summed E-state index contributed by atoms with van der Waals surface area (Å²) in [5, 5.41) is 15.6. The topological polar surface area (TPSA) is 169 Å². The number of fused-ring (bicyclic) bond motifs is 2. The molecule has 52 heavy (non-hydrogen) atoms. The molecule has 2 aliphatic carbocycles. The first kappa shape index (κ1) is 34.2. The summed E-state index contributed by atoms with van der Waals surface area (Å²) in [6.45, 7) is 1.98. The monoisotopic (exact) mass is 728 g/mol. The molecule has 5 aromatic rings. The molecule has 5 aromatic carbocycles. The maximum absolute atomic E-state index is 13.4. The summed E-state index contributed by atoms with van der Waals surface area (Å²) in [7, 11) is -8.73. The fourth-order valence-corrected chi connectivity index (χ4v) is 8.63. The lowest BCUT2D eigenvalue weighted by Gasteiger charge is -2.32. The van der Waals surface area contributed by atoms with Crippen LogP contribution in [-0.4, -0.2) is 39.8 Å². The Bertz CT molecular complexity index is 2450. The average molecular weight is 729 g/mol. The van der Waals surface area contributed by atoms with Crippen LogP contribution in [0.25, 0.3) is 12.2 Å². The van der Waals surface area contributed by atoms with Gasteiger partial charge < -0.3 is 8.37 Å². The van der Waals surface area contributed by atoms with E-state index in [0.717, 1.165) is 16.7 Å². The van der Waals surface area contributed by atoms with E-state index in [2.05, 4.69) is 0 Å². The highest BCUT2D eigenvalue weighted by Gasteiger charge is 2.33. The molecule has 12 heteroatoms. The molecule has 0 unspecified atom stereocenters. The van der Waals surface area contributed by atoms with Gasteiger partial charge in [-0.2, -0.15) is 16.8 Å². The number of Topliss-reactive ketones (excluding diaryl/α,β-unsaturated/α-hetero) is 2. The molecule has 2 aliphatic rings. The van der Waals surface area contributed by atoms with Crippen molar-refractivity contribution in [3.63, 3.8) is 0 Å². The molecule has 10 nitrogen and oxygen atoms in total. The lowest BCUT2D eigenvalue weighted by atomic mass is 9.71. The van der Waals surface area contributed by atoms with Gasteiger partial charge in [0.25, 0.3) is 0 Å². The third-order valence-electron chi connectivity index (χ3n) is 9.11. The molecule has 0 spiro atoms. The van der Waals surface area contributed by atoms with Crippen LogP contribution < -0.4 is 8.37 Å². The van der Waals surface area contributed by atoms with E-state index in [0.29, 0.717) is 0 Å². The van der Waals surface area contributed by atoms with Crippen molar-refractivity contribution in [2.75, 3.05) is 0 Å². The molecule has 2 N–H and O–H groups in total. The Labute approximate surface area is 300 Å². The van der Waals surface area contributed by atoms with Crippen LogP contribution in [0.2, 0.25) is 0 Å². The van der Waals surface area contributed by atoms with Gasteiger partial charge in [-0.3, -0.25) is 20.4 Å². The first-order chi connectivity index (χ1) is 24.8. The minimum absolute atomic E-state index is 0.0427. The van der Waals surface area contributed by atoms with Crippen molar-refractivity contribution in [3.05, 3.63) is 166 Å². The van der Waals surface area contributed by atoms with Crippen LogP contribution in [0.4, 0.5) is 0 Å². The standard InChI is InChI=1S/C40H28N2O8S2/c1-40(25-7-3-2-4-8-25,26-13-17-28(18-14-26)49-51(45,46)36-11-5-9-32-30(36)21-23-34(41)38(32)43)27-15-19-29(20-16-27)50-52(47,48)37-12-6-10-33-31(37)22-24-35(42)39(33)44/h2-24,41-42H,1H3. The Morgan fingerprint density at radius 1 is 0.481 bits per heavy atom. The number of allylic oxidation sites excluding steroid dienone is 2. The SMILES string of the molecule is CC(c1ccccc1)(c1ccc(OS(=O)(=O)c2cccc3c2C=CC(=N)C3=O)cc1)c1ccc(OS(=O)(=O)c2cccc3c2C=CC(=N)C3=O)cc1. The van der Waals surface area contributed by atoms with E-state index in [9.17, 15) is 26.4 Å². The van der Waals surface area contributed by atoms with Gasteiger partial charge in [0, 0.05) is 27.7 Å². The van der Waals surface area contributed by atoms with Gasteiger partial charge in [0.05, 0.1) is 0 Å². The molecule has 0 heterocycles. The Hall–Kier alpha value is -6.24. The van der Waals surface area contributed by atoms with Gasteiger partial charge in [-0.05, 0) is 72.2 Å². The van der Waals surface area contributed by atoms with Crippen molar-refractivity contribution in [1.82, 2.24) is 0 Å². The van der Waals surface area contributed by atoms with Crippen LogP contribution >= 0.6 is 0 Å². The Kier molecular flexibility index (Phi) is 8.44. The van der Waals surface area contributed by atoms with E-state index in [1.165, 1.54) is 85.0 Å². The number of hydrogen-bond donors (Lipinski definition) is 2. The molecular formula is C40H28N2O8S2. The largest absolute Gasteiger partial charge is 0.379 e. The van der Waals surface area contributed by atoms with Gasteiger partial charge in [0.1, 0.15) is 32.7 Å².